The van der Waals surface area contributed by atoms with Gasteiger partial charge in [-0.2, -0.15) is 0 Å². The van der Waals surface area contributed by atoms with E-state index in [2.05, 4.69) is 10.3 Å². The number of methoxy groups -OCH3 is 2. The minimum Gasteiger partial charge on any atom is -0.497 e. The molecule has 0 aliphatic carbocycles. The Hall–Kier alpha value is -3.33. The molecule has 1 aliphatic rings. The molecule has 2 aromatic rings. The van der Waals surface area contributed by atoms with E-state index in [9.17, 15) is 14.4 Å². The van der Waals surface area contributed by atoms with Crippen molar-refractivity contribution in [2.75, 3.05) is 26.1 Å². The highest BCUT2D eigenvalue weighted by Gasteiger charge is 2.35. The van der Waals surface area contributed by atoms with Gasteiger partial charge in [-0.05, 0) is 43.3 Å². The van der Waals surface area contributed by atoms with E-state index in [0.717, 1.165) is 0 Å². The second-order valence-electron chi connectivity index (χ2n) is 6.60. The fourth-order valence-corrected chi connectivity index (χ4v) is 4.14. The smallest absolute Gasteiger partial charge is 0.337 e. The monoisotopic (exact) mass is 441 g/mol. The van der Waals surface area contributed by atoms with Crippen molar-refractivity contribution in [3.05, 3.63) is 54.1 Å². The Labute approximate surface area is 184 Å². The van der Waals surface area contributed by atoms with Crippen LogP contribution in [0.25, 0.3) is 0 Å². The van der Waals surface area contributed by atoms with Crippen molar-refractivity contribution in [3.8, 4) is 5.75 Å². The molecule has 3 rings (SSSR count). The second-order valence-corrected chi connectivity index (χ2v) is 7.77. The number of esters is 1. The molecule has 2 amide bonds. The maximum atomic E-state index is 12.8. The summed E-state index contributed by atoms with van der Waals surface area (Å²) in [6.07, 6.45) is 0.0780. The lowest BCUT2D eigenvalue weighted by Crippen LogP contribution is -2.45. The van der Waals surface area contributed by atoms with Gasteiger partial charge in [0.15, 0.2) is 5.17 Å². The Morgan fingerprint density at radius 2 is 1.94 bits per heavy atom. The molecular weight excluding hydrogens is 418 g/mol. The third-order valence-corrected chi connectivity index (χ3v) is 5.79. The number of ether oxygens (including phenoxy) is 2. The molecule has 1 saturated heterocycles. The molecule has 1 aliphatic heterocycles. The van der Waals surface area contributed by atoms with E-state index in [1.807, 2.05) is 6.92 Å². The molecule has 31 heavy (non-hydrogen) atoms. The summed E-state index contributed by atoms with van der Waals surface area (Å²) < 4.78 is 9.87. The summed E-state index contributed by atoms with van der Waals surface area (Å²) in [5.74, 6) is -0.265. The predicted octanol–water partition coefficient (Wildman–Crippen LogP) is 3.46. The van der Waals surface area contributed by atoms with Crippen LogP contribution in [0.5, 0.6) is 5.75 Å². The Balaban J connectivity index is 1.79. The Morgan fingerprint density at radius 1 is 1.19 bits per heavy atom. The van der Waals surface area contributed by atoms with Crippen LogP contribution in [0, 0.1) is 0 Å². The zero-order chi connectivity index (χ0) is 22.4. The van der Waals surface area contributed by atoms with Crippen molar-refractivity contribution in [3.63, 3.8) is 0 Å². The highest BCUT2D eigenvalue weighted by atomic mass is 32.2. The fraction of sp³-hybridized carbons (Fsp3) is 0.273. The number of rotatable bonds is 6. The van der Waals surface area contributed by atoms with Gasteiger partial charge >= 0.3 is 5.97 Å². The van der Waals surface area contributed by atoms with Crippen LogP contribution >= 0.6 is 11.8 Å². The van der Waals surface area contributed by atoms with Crippen LogP contribution in [0.2, 0.25) is 0 Å². The maximum absolute atomic E-state index is 12.8. The summed E-state index contributed by atoms with van der Waals surface area (Å²) >= 11 is 1.24. The van der Waals surface area contributed by atoms with E-state index in [4.69, 9.17) is 9.47 Å². The Bertz CT molecular complexity index is 1010. The summed E-state index contributed by atoms with van der Waals surface area (Å²) in [5, 5.41) is 2.66. The molecular formula is C22H23N3O5S. The van der Waals surface area contributed by atoms with E-state index < -0.39 is 11.2 Å². The molecule has 1 N–H and O–H groups in total. The van der Waals surface area contributed by atoms with E-state index in [-0.39, 0.29) is 18.2 Å². The van der Waals surface area contributed by atoms with Crippen LogP contribution in [-0.2, 0) is 14.3 Å². The topological polar surface area (TPSA) is 97.3 Å². The minimum absolute atomic E-state index is 0.0780. The molecule has 0 aromatic heterocycles. The molecule has 0 spiro atoms. The number of nitrogens with one attached hydrogen (secondary N) is 1. The zero-order valence-electron chi connectivity index (χ0n) is 17.5. The molecule has 8 nitrogen and oxygen atoms in total. The van der Waals surface area contributed by atoms with Crippen LogP contribution in [0.3, 0.4) is 0 Å². The van der Waals surface area contributed by atoms with Crippen LogP contribution in [0.4, 0.5) is 11.4 Å². The lowest BCUT2D eigenvalue weighted by molar-refractivity contribution is -0.129. The summed E-state index contributed by atoms with van der Waals surface area (Å²) in [5.41, 5.74) is 1.56. The molecule has 1 heterocycles. The van der Waals surface area contributed by atoms with Crippen molar-refractivity contribution in [2.24, 2.45) is 4.99 Å². The normalized spacial score (nSPS) is 17.4. The molecule has 0 radical (unpaired) electrons. The number of carbonyl (C=O) groups is 3. The lowest BCUT2D eigenvalue weighted by Gasteiger charge is -2.30. The van der Waals surface area contributed by atoms with Gasteiger partial charge in [0.1, 0.15) is 11.0 Å². The number of benzene rings is 2. The Kier molecular flexibility index (Phi) is 7.30. The van der Waals surface area contributed by atoms with Gasteiger partial charge in [-0.3, -0.25) is 14.5 Å². The first-order valence-corrected chi connectivity index (χ1v) is 10.5. The van der Waals surface area contributed by atoms with Gasteiger partial charge in [0.25, 0.3) is 0 Å². The SMILES string of the molecule is CCN1C(=O)CC(C(=O)Nc2cccc(OC)c2)SC1=Nc1ccc(C(=O)OC)cc1. The Morgan fingerprint density at radius 3 is 2.58 bits per heavy atom. The van der Waals surface area contributed by atoms with Crippen molar-refractivity contribution in [1.82, 2.24) is 4.90 Å². The quantitative estimate of drug-likeness (QED) is 0.690. The van der Waals surface area contributed by atoms with Gasteiger partial charge < -0.3 is 14.8 Å². The van der Waals surface area contributed by atoms with Gasteiger partial charge in [0, 0.05) is 24.7 Å². The van der Waals surface area contributed by atoms with Gasteiger partial charge in [-0.25, -0.2) is 9.79 Å². The molecule has 2 aromatic carbocycles. The van der Waals surface area contributed by atoms with Crippen LogP contribution in [0.1, 0.15) is 23.7 Å². The first-order chi connectivity index (χ1) is 14.9. The van der Waals surface area contributed by atoms with Crippen LogP contribution < -0.4 is 10.1 Å². The third kappa shape index (κ3) is 5.43. The summed E-state index contributed by atoms with van der Waals surface area (Å²) in [6, 6.07) is 13.6. The summed E-state index contributed by atoms with van der Waals surface area (Å²) in [6.45, 7) is 2.29. The highest BCUT2D eigenvalue weighted by Crippen LogP contribution is 2.30. The van der Waals surface area contributed by atoms with Crippen molar-refractivity contribution in [2.45, 2.75) is 18.6 Å². The van der Waals surface area contributed by atoms with Crippen LogP contribution in [0.15, 0.2) is 53.5 Å². The number of thioether (sulfide) groups is 1. The lowest BCUT2D eigenvalue weighted by atomic mass is 10.2. The highest BCUT2D eigenvalue weighted by molar-refractivity contribution is 8.15. The number of anilines is 1. The number of hydrogen-bond donors (Lipinski definition) is 1. The van der Waals surface area contributed by atoms with Gasteiger partial charge in [-0.1, -0.05) is 17.8 Å². The number of carbonyl (C=O) groups excluding carboxylic acids is 3. The predicted molar refractivity (Wildman–Crippen MR) is 120 cm³/mol. The molecule has 0 bridgehead atoms. The minimum atomic E-state index is -0.616. The zero-order valence-corrected chi connectivity index (χ0v) is 18.3. The number of aliphatic imine (C=N–C) groups is 1. The number of hydrogen-bond acceptors (Lipinski definition) is 7. The van der Waals surface area contributed by atoms with E-state index in [1.54, 1.807) is 60.5 Å². The van der Waals surface area contributed by atoms with Crippen molar-refractivity contribution < 1.29 is 23.9 Å². The average Bonchev–Trinajstić information content (AvgIpc) is 2.79. The van der Waals surface area contributed by atoms with Crippen molar-refractivity contribution in [1.29, 1.82) is 0 Å². The average molecular weight is 442 g/mol. The summed E-state index contributed by atoms with van der Waals surface area (Å²) in [7, 11) is 2.87. The number of amides is 2. The standard InChI is InChI=1S/C22H23N3O5S/c1-4-25-19(26)13-18(20(27)23-16-6-5-7-17(12-16)29-2)31-22(25)24-15-10-8-14(9-11-15)21(28)30-3/h5-12,18H,4,13H2,1-3H3,(H,23,27). The van der Waals surface area contributed by atoms with Gasteiger partial charge in [0.05, 0.1) is 25.5 Å². The van der Waals surface area contributed by atoms with Crippen LogP contribution in [-0.4, -0.2) is 53.9 Å². The maximum Gasteiger partial charge on any atom is 0.337 e. The number of nitrogens with zero attached hydrogens (tertiary/aromatic N) is 2. The van der Waals surface area contributed by atoms with E-state index in [1.165, 1.54) is 18.9 Å². The molecule has 1 fully saturated rings. The molecule has 1 unspecified atom stereocenters. The first kappa shape index (κ1) is 22.4. The molecule has 9 heteroatoms. The van der Waals surface area contributed by atoms with E-state index in [0.29, 0.717) is 34.4 Å². The van der Waals surface area contributed by atoms with Gasteiger partial charge in [0.2, 0.25) is 11.8 Å². The van der Waals surface area contributed by atoms with E-state index >= 15 is 0 Å². The number of amidine groups is 1. The van der Waals surface area contributed by atoms with Gasteiger partial charge in [-0.15, -0.1) is 0 Å². The second kappa shape index (κ2) is 10.1. The fourth-order valence-electron chi connectivity index (χ4n) is 2.98. The molecule has 162 valence electrons. The molecule has 1 atom stereocenters. The first-order valence-electron chi connectivity index (χ1n) is 9.64. The molecule has 0 saturated carbocycles. The third-order valence-electron chi connectivity index (χ3n) is 4.60. The largest absolute Gasteiger partial charge is 0.497 e. The van der Waals surface area contributed by atoms with Crippen molar-refractivity contribution >= 4 is 46.1 Å². The summed E-state index contributed by atoms with van der Waals surface area (Å²) in [4.78, 5) is 43.1.